The van der Waals surface area contributed by atoms with E-state index in [1.165, 1.54) is 0 Å². The first kappa shape index (κ1) is 13.5. The third-order valence-electron chi connectivity index (χ3n) is 2.50. The molecule has 0 fully saturated rings. The molecule has 0 spiro atoms. The van der Waals surface area contributed by atoms with Gasteiger partial charge >= 0.3 is 0 Å². The van der Waals surface area contributed by atoms with Gasteiger partial charge in [-0.3, -0.25) is 4.79 Å². The Bertz CT molecular complexity index is 528. The molecule has 2 rings (SSSR count). The van der Waals surface area contributed by atoms with Gasteiger partial charge in [0.05, 0.1) is 5.33 Å². The van der Waals surface area contributed by atoms with E-state index in [4.69, 9.17) is 0 Å². The minimum atomic E-state index is -0.0561. The maximum absolute atomic E-state index is 11.2. The van der Waals surface area contributed by atoms with Gasteiger partial charge in [-0.15, -0.1) is 0 Å². The maximum atomic E-state index is 11.2. The Hall–Kier alpha value is -1.88. The molecule has 1 heterocycles. The van der Waals surface area contributed by atoms with Gasteiger partial charge < -0.3 is 10.6 Å². The number of aromatic nitrogens is 1. The molecule has 0 saturated heterocycles. The van der Waals surface area contributed by atoms with Crippen molar-refractivity contribution >= 4 is 33.3 Å². The van der Waals surface area contributed by atoms with Gasteiger partial charge in [0, 0.05) is 18.4 Å². The van der Waals surface area contributed by atoms with E-state index in [0.29, 0.717) is 11.9 Å². The minimum Gasteiger partial charge on any atom is -0.366 e. The molecule has 1 aromatic carbocycles. The summed E-state index contributed by atoms with van der Waals surface area (Å²) in [5, 5.41) is 6.30. The number of hydrogen-bond donors (Lipinski definition) is 2. The van der Waals surface area contributed by atoms with Crippen molar-refractivity contribution in [3.63, 3.8) is 0 Å². The van der Waals surface area contributed by atoms with Gasteiger partial charge in [0.25, 0.3) is 0 Å². The van der Waals surface area contributed by atoms with Gasteiger partial charge in [-0.25, -0.2) is 4.98 Å². The van der Waals surface area contributed by atoms with Crippen LogP contribution in [0.15, 0.2) is 48.7 Å². The summed E-state index contributed by atoms with van der Waals surface area (Å²) in [7, 11) is 0. The highest BCUT2D eigenvalue weighted by Crippen LogP contribution is 2.11. The van der Waals surface area contributed by atoms with Crippen molar-refractivity contribution in [3.05, 3.63) is 54.2 Å². The molecule has 98 valence electrons. The van der Waals surface area contributed by atoms with Gasteiger partial charge in [0.15, 0.2) is 0 Å². The molecular weight excluding hydrogens is 306 g/mol. The molecule has 2 aromatic rings. The highest BCUT2D eigenvalue weighted by Gasteiger charge is 2.00. The van der Waals surface area contributed by atoms with E-state index in [2.05, 4.69) is 31.5 Å². The van der Waals surface area contributed by atoms with Crippen molar-refractivity contribution < 1.29 is 4.79 Å². The van der Waals surface area contributed by atoms with Crippen LogP contribution in [0.1, 0.15) is 5.56 Å². The summed E-state index contributed by atoms with van der Waals surface area (Å²) in [4.78, 5) is 15.4. The number of nitrogens with one attached hydrogen (secondary N) is 2. The van der Waals surface area contributed by atoms with E-state index < -0.39 is 0 Å². The largest absolute Gasteiger partial charge is 0.366 e. The molecule has 0 radical (unpaired) electrons. The molecular formula is C14H14BrN3O. The Morgan fingerprint density at radius 1 is 1.16 bits per heavy atom. The van der Waals surface area contributed by atoms with Crippen LogP contribution >= 0.6 is 15.9 Å². The lowest BCUT2D eigenvalue weighted by Gasteiger charge is -2.07. The number of benzene rings is 1. The van der Waals surface area contributed by atoms with Gasteiger partial charge in [-0.1, -0.05) is 34.1 Å². The van der Waals surface area contributed by atoms with Crippen molar-refractivity contribution in [3.8, 4) is 0 Å². The predicted octanol–water partition coefficient (Wildman–Crippen LogP) is 3.03. The fraction of sp³-hybridized carbons (Fsp3) is 0.143. The lowest BCUT2D eigenvalue weighted by molar-refractivity contribution is -0.113. The minimum absolute atomic E-state index is 0.0561. The number of halogens is 1. The number of anilines is 2. The molecule has 5 heteroatoms. The van der Waals surface area contributed by atoms with Crippen molar-refractivity contribution in [2.75, 3.05) is 16.0 Å². The Kier molecular flexibility index (Phi) is 4.92. The number of nitrogens with zero attached hydrogens (tertiary/aromatic N) is 1. The zero-order valence-electron chi connectivity index (χ0n) is 10.3. The van der Waals surface area contributed by atoms with E-state index >= 15 is 0 Å². The van der Waals surface area contributed by atoms with Gasteiger partial charge in [-0.05, 0) is 29.8 Å². The average Bonchev–Trinajstić information content (AvgIpc) is 2.47. The SMILES string of the molecule is O=C(CBr)Nc1ccc(CNc2ccccn2)cc1. The zero-order chi connectivity index (χ0) is 13.5. The Labute approximate surface area is 120 Å². The van der Waals surface area contributed by atoms with Crippen LogP contribution in [0.2, 0.25) is 0 Å². The molecule has 1 aromatic heterocycles. The van der Waals surface area contributed by atoms with Crippen LogP contribution in [0.3, 0.4) is 0 Å². The molecule has 2 N–H and O–H groups in total. The summed E-state index contributed by atoms with van der Waals surface area (Å²) in [5.74, 6) is 0.790. The molecule has 0 unspecified atom stereocenters. The van der Waals surface area contributed by atoms with Crippen LogP contribution in [0.4, 0.5) is 11.5 Å². The summed E-state index contributed by atoms with van der Waals surface area (Å²) in [6, 6.07) is 13.5. The Morgan fingerprint density at radius 2 is 1.95 bits per heavy atom. The second kappa shape index (κ2) is 6.89. The predicted molar refractivity (Wildman–Crippen MR) is 80.4 cm³/mol. The lowest BCUT2D eigenvalue weighted by atomic mass is 10.2. The second-order valence-corrected chi connectivity index (χ2v) is 4.51. The summed E-state index contributed by atoms with van der Waals surface area (Å²) < 4.78 is 0. The number of amides is 1. The van der Waals surface area contributed by atoms with Crippen molar-refractivity contribution in [1.29, 1.82) is 0 Å². The normalized spacial score (nSPS) is 9.95. The molecule has 0 aliphatic rings. The second-order valence-electron chi connectivity index (χ2n) is 3.95. The number of hydrogen-bond acceptors (Lipinski definition) is 3. The maximum Gasteiger partial charge on any atom is 0.235 e. The highest BCUT2D eigenvalue weighted by molar-refractivity contribution is 9.09. The summed E-state index contributed by atoms with van der Waals surface area (Å²) in [5.41, 5.74) is 1.92. The summed E-state index contributed by atoms with van der Waals surface area (Å²) in [6.45, 7) is 0.698. The van der Waals surface area contributed by atoms with Crippen LogP contribution in [0.25, 0.3) is 0 Å². The number of carbonyl (C=O) groups excluding carboxylic acids is 1. The standard InChI is InChI=1S/C14H14BrN3O/c15-9-14(19)18-12-6-4-11(5-7-12)10-17-13-3-1-2-8-16-13/h1-8H,9-10H2,(H,16,17)(H,18,19). The van der Waals surface area contributed by atoms with E-state index in [1.54, 1.807) is 6.20 Å². The molecule has 19 heavy (non-hydrogen) atoms. The first-order valence-electron chi connectivity index (χ1n) is 5.87. The first-order chi connectivity index (χ1) is 9.28. The third kappa shape index (κ3) is 4.37. The fourth-order valence-electron chi connectivity index (χ4n) is 1.56. The monoisotopic (exact) mass is 319 g/mol. The molecule has 0 aliphatic heterocycles. The number of pyridine rings is 1. The molecule has 0 aliphatic carbocycles. The van der Waals surface area contributed by atoms with Gasteiger partial charge in [0.1, 0.15) is 5.82 Å². The molecule has 0 atom stereocenters. The van der Waals surface area contributed by atoms with Crippen molar-refractivity contribution in [2.24, 2.45) is 0 Å². The number of rotatable bonds is 5. The quantitative estimate of drug-likeness (QED) is 0.833. The van der Waals surface area contributed by atoms with E-state index in [9.17, 15) is 4.79 Å². The van der Waals surface area contributed by atoms with Gasteiger partial charge in [-0.2, -0.15) is 0 Å². The van der Waals surface area contributed by atoms with Crippen molar-refractivity contribution in [1.82, 2.24) is 4.98 Å². The highest BCUT2D eigenvalue weighted by atomic mass is 79.9. The molecule has 4 nitrogen and oxygen atoms in total. The van der Waals surface area contributed by atoms with E-state index in [-0.39, 0.29) is 5.91 Å². The van der Waals surface area contributed by atoms with Crippen LogP contribution in [-0.4, -0.2) is 16.2 Å². The molecule has 1 amide bonds. The van der Waals surface area contributed by atoms with Crippen LogP contribution < -0.4 is 10.6 Å². The third-order valence-corrected chi connectivity index (χ3v) is 3.01. The van der Waals surface area contributed by atoms with Crippen LogP contribution in [0.5, 0.6) is 0 Å². The molecule has 0 saturated carbocycles. The van der Waals surface area contributed by atoms with E-state index in [0.717, 1.165) is 17.1 Å². The summed E-state index contributed by atoms with van der Waals surface area (Å²) in [6.07, 6.45) is 1.75. The fourth-order valence-corrected chi connectivity index (χ4v) is 1.70. The van der Waals surface area contributed by atoms with Gasteiger partial charge in [0.2, 0.25) is 5.91 Å². The van der Waals surface area contributed by atoms with Crippen LogP contribution in [-0.2, 0) is 11.3 Å². The van der Waals surface area contributed by atoms with E-state index in [1.807, 2.05) is 42.5 Å². The average molecular weight is 320 g/mol. The molecule has 0 bridgehead atoms. The smallest absolute Gasteiger partial charge is 0.235 e. The number of carbonyl (C=O) groups is 1. The first-order valence-corrected chi connectivity index (χ1v) is 7.00. The van der Waals surface area contributed by atoms with Crippen LogP contribution in [0, 0.1) is 0 Å². The Morgan fingerprint density at radius 3 is 2.58 bits per heavy atom. The topological polar surface area (TPSA) is 54.0 Å². The zero-order valence-corrected chi connectivity index (χ0v) is 11.9. The number of alkyl halides is 1. The van der Waals surface area contributed by atoms with Crippen molar-refractivity contribution in [2.45, 2.75) is 6.54 Å². The Balaban J connectivity index is 1.90. The lowest BCUT2D eigenvalue weighted by Crippen LogP contribution is -2.12. The summed E-state index contributed by atoms with van der Waals surface area (Å²) >= 11 is 3.11.